The van der Waals surface area contributed by atoms with Crippen LogP contribution in [0.25, 0.3) is 0 Å². The number of aliphatic hydroxyl groups excluding tert-OH is 1. The number of nitrogens with one attached hydrogen (secondary N) is 1. The van der Waals surface area contributed by atoms with E-state index in [1.807, 2.05) is 19.1 Å². The van der Waals surface area contributed by atoms with Gasteiger partial charge in [0.15, 0.2) is 12.2 Å². The van der Waals surface area contributed by atoms with Crippen molar-refractivity contribution < 1.29 is 39.2 Å². The number of benzene rings is 1. The van der Waals surface area contributed by atoms with Gasteiger partial charge in [-0.2, -0.15) is 0 Å². The molecule has 2 heterocycles. The first-order valence-electron chi connectivity index (χ1n) is 10.5. The van der Waals surface area contributed by atoms with Crippen molar-refractivity contribution in [2.75, 3.05) is 26.4 Å². The van der Waals surface area contributed by atoms with Gasteiger partial charge in [-0.05, 0) is 45.4 Å². The number of β-amino-alcohol motifs (C(OH)–C–C–N with tert-alkyl or cyclic N) is 1. The van der Waals surface area contributed by atoms with Crippen LogP contribution in [0.15, 0.2) is 18.2 Å². The highest BCUT2D eigenvalue weighted by Gasteiger charge is 2.51. The van der Waals surface area contributed by atoms with Crippen LogP contribution < -0.4 is 10.1 Å². The van der Waals surface area contributed by atoms with Crippen LogP contribution in [0.3, 0.4) is 0 Å². The van der Waals surface area contributed by atoms with Gasteiger partial charge in [0.1, 0.15) is 30.7 Å². The van der Waals surface area contributed by atoms with Crippen molar-refractivity contribution >= 4 is 24.0 Å². The number of fused-ring (bicyclic) bond motifs is 1. The molecule has 2 aliphatic rings. The Balaban J connectivity index is 0.000000342. The average molecular weight is 544 g/mol. The van der Waals surface area contributed by atoms with Crippen LogP contribution in [-0.2, 0) is 19.1 Å². The number of ether oxygens (including phenoxy) is 3. The standard InChI is InChI=1S/C14H22ClNO2.C6H8N2O8.ClH/c1-10-5-6-12(15)13(7-10)18-9-11(17)8-16-14(2,3)4;9-7(10)15-3-1-13-6-4(16-8(11)12)2-14-5(3)6;/h5-7,11,16-17H,8-9H2,1-4H3;3-6H,1-2H2;1H/t;3-,4+,5-,6-;/m.1./s1. The van der Waals surface area contributed by atoms with Crippen LogP contribution >= 0.6 is 24.0 Å². The first kappa shape index (κ1) is 30.9. The summed E-state index contributed by atoms with van der Waals surface area (Å²) in [5.74, 6) is 0.617. The molecule has 0 aliphatic carbocycles. The van der Waals surface area contributed by atoms with Crippen molar-refractivity contribution in [2.45, 2.75) is 63.8 Å². The van der Waals surface area contributed by atoms with Crippen molar-refractivity contribution in [1.29, 1.82) is 0 Å². The van der Waals surface area contributed by atoms with Crippen LogP contribution in [0.2, 0.25) is 5.02 Å². The molecule has 13 nitrogen and oxygen atoms in total. The third kappa shape index (κ3) is 10.5. The monoisotopic (exact) mass is 543 g/mol. The Bertz CT molecular complexity index is 812. The molecule has 1 aromatic carbocycles. The van der Waals surface area contributed by atoms with Gasteiger partial charge in [0, 0.05) is 12.1 Å². The second kappa shape index (κ2) is 13.8. The molecule has 15 heteroatoms. The molecule has 0 radical (unpaired) electrons. The fraction of sp³-hybridized carbons (Fsp3) is 0.700. The van der Waals surface area contributed by atoms with Crippen LogP contribution in [0.4, 0.5) is 0 Å². The quantitative estimate of drug-likeness (QED) is 0.346. The third-order valence-electron chi connectivity index (χ3n) is 4.79. The molecule has 200 valence electrons. The molecule has 2 aliphatic heterocycles. The zero-order chi connectivity index (χ0) is 25.5. The van der Waals surface area contributed by atoms with Gasteiger partial charge in [-0.25, -0.2) is 0 Å². The van der Waals surface area contributed by atoms with E-state index in [2.05, 4.69) is 35.8 Å². The molecule has 2 N–H and O–H groups in total. The summed E-state index contributed by atoms with van der Waals surface area (Å²) in [7, 11) is 0. The van der Waals surface area contributed by atoms with Crippen molar-refractivity contribution in [3.8, 4) is 5.75 Å². The topological polar surface area (TPSA) is 165 Å². The van der Waals surface area contributed by atoms with Gasteiger partial charge in [-0.15, -0.1) is 32.6 Å². The van der Waals surface area contributed by atoms with Crippen molar-refractivity contribution in [3.63, 3.8) is 0 Å². The van der Waals surface area contributed by atoms with Gasteiger partial charge in [-0.1, -0.05) is 17.7 Å². The van der Waals surface area contributed by atoms with Gasteiger partial charge >= 0.3 is 0 Å². The first-order chi connectivity index (χ1) is 15.9. The van der Waals surface area contributed by atoms with E-state index in [-0.39, 0.29) is 37.8 Å². The molecule has 1 unspecified atom stereocenters. The molecule has 2 fully saturated rings. The molecule has 0 bridgehead atoms. The minimum atomic E-state index is -0.943. The maximum atomic E-state index is 10.1. The number of aliphatic hydroxyl groups is 1. The summed E-state index contributed by atoms with van der Waals surface area (Å²) in [5, 5.41) is 32.0. The lowest BCUT2D eigenvalue weighted by Gasteiger charge is -2.23. The number of nitrogens with zero attached hydrogens (tertiary/aromatic N) is 2. The van der Waals surface area contributed by atoms with Crippen LogP contribution in [0.1, 0.15) is 26.3 Å². The Hall–Kier alpha value is -2.16. The van der Waals surface area contributed by atoms with Gasteiger partial charge in [-0.3, -0.25) is 0 Å². The SMILES string of the molecule is Cc1ccc(Cl)c(OCC(O)CNC(C)(C)C)c1.Cl.O=[N+]([O-])O[C@H]1CO[C@H]2[C@@H]1OC[C@H]2O[N+](=O)[O-]. The predicted molar refractivity (Wildman–Crippen MR) is 126 cm³/mol. The minimum absolute atomic E-state index is 0. The van der Waals surface area contributed by atoms with E-state index in [1.165, 1.54) is 0 Å². The molecule has 35 heavy (non-hydrogen) atoms. The normalized spacial score (nSPS) is 23.7. The Morgan fingerprint density at radius 3 is 2.11 bits per heavy atom. The molecule has 1 aromatic rings. The zero-order valence-electron chi connectivity index (χ0n) is 19.7. The zero-order valence-corrected chi connectivity index (χ0v) is 21.3. The molecule has 3 rings (SSSR count). The Morgan fingerprint density at radius 1 is 1.14 bits per heavy atom. The molecule has 0 amide bonds. The number of halogens is 2. The number of hydrogen-bond acceptors (Lipinski definition) is 11. The maximum absolute atomic E-state index is 10.1. The summed E-state index contributed by atoms with van der Waals surface area (Å²) in [6.45, 7) is 8.76. The highest BCUT2D eigenvalue weighted by molar-refractivity contribution is 6.32. The highest BCUT2D eigenvalue weighted by Crippen LogP contribution is 2.30. The summed E-state index contributed by atoms with van der Waals surface area (Å²) >= 11 is 6.01. The third-order valence-corrected chi connectivity index (χ3v) is 5.10. The smallest absolute Gasteiger partial charge is 0.294 e. The van der Waals surface area contributed by atoms with Gasteiger partial charge in [0.2, 0.25) is 0 Å². The fourth-order valence-electron chi connectivity index (χ4n) is 3.22. The van der Waals surface area contributed by atoms with Crippen molar-refractivity contribution in [2.24, 2.45) is 0 Å². The van der Waals surface area contributed by atoms with Crippen LogP contribution in [-0.4, -0.2) is 77.7 Å². The highest BCUT2D eigenvalue weighted by atomic mass is 35.5. The lowest BCUT2D eigenvalue weighted by atomic mass is 10.1. The average Bonchev–Trinajstić information content (AvgIpc) is 3.30. The van der Waals surface area contributed by atoms with E-state index in [1.54, 1.807) is 6.07 Å². The Kier molecular flexibility index (Phi) is 12.2. The van der Waals surface area contributed by atoms with Crippen LogP contribution in [0, 0.1) is 27.2 Å². The van der Waals surface area contributed by atoms with Gasteiger partial charge < -0.3 is 34.3 Å². The molecular formula is C20H31Cl2N3O10. The van der Waals surface area contributed by atoms with E-state index in [0.717, 1.165) is 5.56 Å². The van der Waals surface area contributed by atoms with E-state index < -0.39 is 40.7 Å². The van der Waals surface area contributed by atoms with Crippen LogP contribution in [0.5, 0.6) is 5.75 Å². The summed E-state index contributed by atoms with van der Waals surface area (Å²) < 4.78 is 15.8. The Labute approximate surface area is 213 Å². The molecule has 0 spiro atoms. The van der Waals surface area contributed by atoms with Gasteiger partial charge in [0.25, 0.3) is 10.2 Å². The molecule has 2 saturated heterocycles. The second-order valence-electron chi connectivity index (χ2n) is 8.86. The Morgan fingerprint density at radius 2 is 1.66 bits per heavy atom. The maximum Gasteiger partial charge on any atom is 0.294 e. The lowest BCUT2D eigenvalue weighted by molar-refractivity contribution is -0.769. The summed E-state index contributed by atoms with van der Waals surface area (Å²) in [5.41, 5.74) is 1.07. The number of aryl methyl sites for hydroxylation is 1. The molecule has 5 atom stereocenters. The largest absolute Gasteiger partial charge is 0.489 e. The van der Waals surface area contributed by atoms with Crippen molar-refractivity contribution in [1.82, 2.24) is 5.32 Å². The number of rotatable bonds is 9. The summed E-state index contributed by atoms with van der Waals surface area (Å²) in [4.78, 5) is 28.9. The fourth-order valence-corrected chi connectivity index (χ4v) is 3.39. The molecule has 0 saturated carbocycles. The number of hydrogen-bond donors (Lipinski definition) is 2. The summed E-state index contributed by atoms with van der Waals surface area (Å²) in [6.07, 6.45) is -3.67. The van der Waals surface area contributed by atoms with E-state index in [9.17, 15) is 25.3 Å². The van der Waals surface area contributed by atoms with Crippen molar-refractivity contribution in [3.05, 3.63) is 49.0 Å². The van der Waals surface area contributed by atoms with Gasteiger partial charge in [0.05, 0.1) is 18.2 Å². The van der Waals surface area contributed by atoms with E-state index in [4.69, 9.17) is 25.8 Å². The minimum Gasteiger partial charge on any atom is -0.489 e. The predicted octanol–water partition coefficient (Wildman–Crippen LogP) is 2.14. The lowest BCUT2D eigenvalue weighted by Crippen LogP contribution is -2.42. The van der Waals surface area contributed by atoms with E-state index >= 15 is 0 Å². The van der Waals surface area contributed by atoms with E-state index in [0.29, 0.717) is 17.3 Å². The first-order valence-corrected chi connectivity index (χ1v) is 10.9. The summed E-state index contributed by atoms with van der Waals surface area (Å²) in [6, 6.07) is 5.59. The molecular weight excluding hydrogens is 513 g/mol. The second-order valence-corrected chi connectivity index (χ2v) is 9.27. The molecule has 0 aromatic heterocycles.